The molecular formula is C12H18ClNOS. The third-order valence-electron chi connectivity index (χ3n) is 3.38. The first-order valence-electron chi connectivity index (χ1n) is 5.86. The molecule has 2 heterocycles. The van der Waals surface area contributed by atoms with E-state index in [0.717, 1.165) is 28.8 Å². The lowest BCUT2D eigenvalue weighted by Crippen LogP contribution is -2.41. The third-order valence-corrected chi connectivity index (χ3v) is 4.74. The quantitative estimate of drug-likeness (QED) is 0.874. The maximum absolute atomic E-state index is 10.3. The van der Waals surface area contributed by atoms with Crippen LogP contribution in [0.15, 0.2) is 11.4 Å². The molecule has 1 saturated heterocycles. The molecule has 0 radical (unpaired) electrons. The Morgan fingerprint density at radius 3 is 3.12 bits per heavy atom. The van der Waals surface area contributed by atoms with Crippen LogP contribution in [0.4, 0.5) is 0 Å². The van der Waals surface area contributed by atoms with Crippen LogP contribution >= 0.6 is 22.9 Å². The number of rotatable bonds is 3. The van der Waals surface area contributed by atoms with E-state index >= 15 is 0 Å². The number of halogens is 1. The summed E-state index contributed by atoms with van der Waals surface area (Å²) in [6, 6.07) is 2.06. The van der Waals surface area contributed by atoms with Crippen molar-refractivity contribution in [2.45, 2.75) is 38.3 Å². The third kappa shape index (κ3) is 2.77. The molecule has 1 fully saturated rings. The van der Waals surface area contributed by atoms with E-state index in [-0.39, 0.29) is 6.04 Å². The van der Waals surface area contributed by atoms with E-state index in [0.29, 0.717) is 0 Å². The van der Waals surface area contributed by atoms with Crippen LogP contribution in [0.3, 0.4) is 0 Å². The molecule has 1 aliphatic rings. The zero-order valence-electron chi connectivity index (χ0n) is 9.45. The van der Waals surface area contributed by atoms with Crippen LogP contribution in [0, 0.1) is 5.92 Å². The molecule has 90 valence electrons. The highest BCUT2D eigenvalue weighted by Crippen LogP contribution is 2.31. The van der Waals surface area contributed by atoms with Crippen LogP contribution in [0.25, 0.3) is 0 Å². The van der Waals surface area contributed by atoms with Gasteiger partial charge in [-0.05, 0) is 31.4 Å². The van der Waals surface area contributed by atoms with Crippen molar-refractivity contribution in [2.75, 3.05) is 6.54 Å². The topological polar surface area (TPSA) is 32.3 Å². The Bertz CT molecular complexity index is 342. The average molecular weight is 260 g/mol. The number of aliphatic hydroxyl groups excluding tert-OH is 1. The molecule has 2 N–H and O–H groups in total. The summed E-state index contributed by atoms with van der Waals surface area (Å²) in [6.07, 6.45) is 3.08. The van der Waals surface area contributed by atoms with E-state index in [2.05, 4.69) is 12.2 Å². The second kappa shape index (κ2) is 5.50. The van der Waals surface area contributed by atoms with Gasteiger partial charge in [-0.2, -0.15) is 0 Å². The molecule has 2 nitrogen and oxygen atoms in total. The smallest absolute Gasteiger partial charge is 0.103 e. The molecule has 3 unspecified atom stereocenters. The Kier molecular flexibility index (Phi) is 4.25. The van der Waals surface area contributed by atoms with Gasteiger partial charge in [0.1, 0.15) is 6.10 Å². The highest BCUT2D eigenvalue weighted by atomic mass is 35.5. The van der Waals surface area contributed by atoms with Crippen LogP contribution in [0.5, 0.6) is 0 Å². The summed E-state index contributed by atoms with van der Waals surface area (Å²) in [5.74, 6) is 0.747. The van der Waals surface area contributed by atoms with Gasteiger partial charge in [-0.1, -0.05) is 24.9 Å². The minimum atomic E-state index is -0.410. The number of hydrogen-bond acceptors (Lipinski definition) is 3. The summed E-state index contributed by atoms with van der Waals surface area (Å²) in [5, 5.41) is 16.3. The lowest BCUT2D eigenvalue weighted by Gasteiger charge is -2.32. The van der Waals surface area contributed by atoms with Gasteiger partial charge in [-0.15, -0.1) is 11.3 Å². The minimum Gasteiger partial charge on any atom is -0.386 e. The molecule has 2 rings (SSSR count). The summed E-state index contributed by atoms with van der Waals surface area (Å²) in [5.41, 5.74) is 0. The minimum absolute atomic E-state index is 0.188. The zero-order valence-corrected chi connectivity index (χ0v) is 11.0. The molecule has 1 aromatic rings. The number of aliphatic hydroxyl groups is 1. The SMILES string of the molecule is CCC1CCNC(C(O)c2cc(Cl)cs2)C1. The fourth-order valence-electron chi connectivity index (χ4n) is 2.33. The molecule has 4 heteroatoms. The summed E-state index contributed by atoms with van der Waals surface area (Å²) in [4.78, 5) is 0.972. The van der Waals surface area contributed by atoms with Gasteiger partial charge < -0.3 is 10.4 Å². The molecule has 3 atom stereocenters. The van der Waals surface area contributed by atoms with Gasteiger partial charge in [-0.3, -0.25) is 0 Å². The van der Waals surface area contributed by atoms with Crippen LogP contribution < -0.4 is 5.32 Å². The van der Waals surface area contributed by atoms with Crippen molar-refractivity contribution >= 4 is 22.9 Å². The van der Waals surface area contributed by atoms with Gasteiger partial charge in [0.15, 0.2) is 0 Å². The summed E-state index contributed by atoms with van der Waals surface area (Å²) in [7, 11) is 0. The Labute approximate surface area is 106 Å². The zero-order chi connectivity index (χ0) is 11.5. The van der Waals surface area contributed by atoms with Crippen LogP contribution in [-0.2, 0) is 0 Å². The van der Waals surface area contributed by atoms with E-state index in [1.54, 1.807) is 0 Å². The van der Waals surface area contributed by atoms with E-state index in [1.165, 1.54) is 24.2 Å². The van der Waals surface area contributed by atoms with Crippen LogP contribution in [-0.4, -0.2) is 17.7 Å². The first kappa shape index (κ1) is 12.4. The maximum Gasteiger partial charge on any atom is 0.103 e. The molecule has 16 heavy (non-hydrogen) atoms. The van der Waals surface area contributed by atoms with Crippen molar-refractivity contribution < 1.29 is 5.11 Å². The van der Waals surface area contributed by atoms with Crippen molar-refractivity contribution in [1.29, 1.82) is 0 Å². The monoisotopic (exact) mass is 259 g/mol. The molecule has 0 aromatic carbocycles. The first-order chi connectivity index (χ1) is 7.70. The fraction of sp³-hybridized carbons (Fsp3) is 0.667. The maximum atomic E-state index is 10.3. The van der Waals surface area contributed by atoms with E-state index in [1.807, 2.05) is 11.4 Å². The van der Waals surface area contributed by atoms with Gasteiger partial charge in [0.2, 0.25) is 0 Å². The van der Waals surface area contributed by atoms with Crippen molar-refractivity contribution in [1.82, 2.24) is 5.32 Å². The normalized spacial score (nSPS) is 27.9. The van der Waals surface area contributed by atoms with Crippen molar-refractivity contribution in [3.8, 4) is 0 Å². The van der Waals surface area contributed by atoms with E-state index in [4.69, 9.17) is 11.6 Å². The van der Waals surface area contributed by atoms with Crippen molar-refractivity contribution in [3.63, 3.8) is 0 Å². The molecule has 0 saturated carbocycles. The number of thiophene rings is 1. The van der Waals surface area contributed by atoms with Gasteiger partial charge >= 0.3 is 0 Å². The fourth-order valence-corrected chi connectivity index (χ4v) is 3.46. The highest BCUT2D eigenvalue weighted by Gasteiger charge is 2.27. The highest BCUT2D eigenvalue weighted by molar-refractivity contribution is 7.10. The van der Waals surface area contributed by atoms with E-state index < -0.39 is 6.10 Å². The van der Waals surface area contributed by atoms with Gasteiger partial charge in [0.05, 0.1) is 5.02 Å². The standard InChI is InChI=1S/C12H18ClNOS/c1-2-8-3-4-14-10(5-8)12(15)11-6-9(13)7-16-11/h6-8,10,12,14-15H,2-5H2,1H3. The lowest BCUT2D eigenvalue weighted by atomic mass is 9.88. The van der Waals surface area contributed by atoms with Gasteiger partial charge in [-0.25, -0.2) is 0 Å². The Balaban J connectivity index is 2.01. The Morgan fingerprint density at radius 1 is 1.69 bits per heavy atom. The second-order valence-electron chi connectivity index (χ2n) is 4.47. The molecule has 0 amide bonds. The Hall–Kier alpha value is -0.0900. The predicted molar refractivity (Wildman–Crippen MR) is 69.1 cm³/mol. The predicted octanol–water partition coefficient (Wildman–Crippen LogP) is 3.21. The molecule has 0 aliphatic carbocycles. The van der Waals surface area contributed by atoms with Gasteiger partial charge in [0, 0.05) is 16.3 Å². The van der Waals surface area contributed by atoms with Crippen LogP contribution in [0.2, 0.25) is 5.02 Å². The number of nitrogens with one attached hydrogen (secondary N) is 1. The summed E-state index contributed by atoms with van der Waals surface area (Å²) >= 11 is 7.42. The lowest BCUT2D eigenvalue weighted by molar-refractivity contribution is 0.101. The number of piperidine rings is 1. The number of hydrogen-bond donors (Lipinski definition) is 2. The molecular weight excluding hydrogens is 242 g/mol. The average Bonchev–Trinajstić information content (AvgIpc) is 2.75. The Morgan fingerprint density at radius 2 is 2.50 bits per heavy atom. The van der Waals surface area contributed by atoms with Gasteiger partial charge in [0.25, 0.3) is 0 Å². The second-order valence-corrected chi connectivity index (χ2v) is 5.85. The summed E-state index contributed by atoms with van der Waals surface area (Å²) < 4.78 is 0. The molecule has 0 bridgehead atoms. The van der Waals surface area contributed by atoms with Crippen molar-refractivity contribution in [2.24, 2.45) is 5.92 Å². The largest absolute Gasteiger partial charge is 0.386 e. The molecule has 1 aliphatic heterocycles. The van der Waals surface area contributed by atoms with Crippen molar-refractivity contribution in [3.05, 3.63) is 21.3 Å². The first-order valence-corrected chi connectivity index (χ1v) is 7.11. The molecule has 0 spiro atoms. The van der Waals surface area contributed by atoms with Crippen LogP contribution in [0.1, 0.15) is 37.2 Å². The molecule has 1 aromatic heterocycles. The van der Waals surface area contributed by atoms with E-state index in [9.17, 15) is 5.11 Å². The summed E-state index contributed by atoms with van der Waals surface area (Å²) in [6.45, 7) is 3.24.